The molecule has 1 aromatic rings. The lowest BCUT2D eigenvalue weighted by atomic mass is 10.3. The number of aryl methyl sites for hydroxylation is 1. The van der Waals surface area contributed by atoms with Crippen molar-refractivity contribution in [1.29, 1.82) is 0 Å². The standard InChI is InChI=1S/C8H14N4O/c1-4-11(2)8(13)6-5-12(3)10-7(6)9/h5H,4H2,1-3H3,(H2,9,10). The molecule has 0 saturated carbocycles. The van der Waals surface area contributed by atoms with Gasteiger partial charge in [0.25, 0.3) is 5.91 Å². The molecule has 0 radical (unpaired) electrons. The minimum absolute atomic E-state index is 0.0897. The first-order valence-corrected chi connectivity index (χ1v) is 4.10. The zero-order valence-electron chi connectivity index (χ0n) is 8.11. The number of amides is 1. The van der Waals surface area contributed by atoms with E-state index < -0.39 is 0 Å². The number of anilines is 1. The van der Waals surface area contributed by atoms with Crippen LogP contribution in [0.3, 0.4) is 0 Å². The molecule has 1 amide bonds. The van der Waals surface area contributed by atoms with Gasteiger partial charge >= 0.3 is 0 Å². The van der Waals surface area contributed by atoms with Crippen LogP contribution in [0.5, 0.6) is 0 Å². The van der Waals surface area contributed by atoms with E-state index in [0.717, 1.165) is 0 Å². The van der Waals surface area contributed by atoms with Gasteiger partial charge in [-0.2, -0.15) is 5.10 Å². The average Bonchev–Trinajstić information content (AvgIpc) is 2.42. The van der Waals surface area contributed by atoms with Crippen molar-refractivity contribution in [2.45, 2.75) is 6.92 Å². The Morgan fingerprint density at radius 1 is 1.77 bits per heavy atom. The zero-order valence-corrected chi connectivity index (χ0v) is 8.11. The number of carbonyl (C=O) groups is 1. The van der Waals surface area contributed by atoms with Crippen LogP contribution in [0.15, 0.2) is 6.20 Å². The fraction of sp³-hybridized carbons (Fsp3) is 0.500. The zero-order chi connectivity index (χ0) is 10.0. The highest BCUT2D eigenvalue weighted by molar-refractivity contribution is 5.97. The van der Waals surface area contributed by atoms with Crippen molar-refractivity contribution in [2.75, 3.05) is 19.3 Å². The molecule has 0 atom stereocenters. The summed E-state index contributed by atoms with van der Waals surface area (Å²) >= 11 is 0. The molecule has 0 spiro atoms. The Balaban J connectivity index is 2.94. The summed E-state index contributed by atoms with van der Waals surface area (Å²) in [6, 6.07) is 0. The topological polar surface area (TPSA) is 64.2 Å². The number of nitrogens with two attached hydrogens (primary N) is 1. The number of rotatable bonds is 2. The molecule has 1 heterocycles. The van der Waals surface area contributed by atoms with Crippen LogP contribution < -0.4 is 5.73 Å². The van der Waals surface area contributed by atoms with E-state index in [-0.39, 0.29) is 11.7 Å². The fourth-order valence-electron chi connectivity index (χ4n) is 1.02. The third-order valence-corrected chi connectivity index (χ3v) is 1.91. The minimum atomic E-state index is -0.0897. The average molecular weight is 182 g/mol. The molecular weight excluding hydrogens is 168 g/mol. The van der Waals surface area contributed by atoms with Crippen LogP contribution in [-0.4, -0.2) is 34.2 Å². The number of hydrogen-bond acceptors (Lipinski definition) is 3. The van der Waals surface area contributed by atoms with Gasteiger partial charge in [-0.05, 0) is 6.92 Å². The largest absolute Gasteiger partial charge is 0.382 e. The van der Waals surface area contributed by atoms with Crippen LogP contribution in [0.4, 0.5) is 5.82 Å². The van der Waals surface area contributed by atoms with Gasteiger partial charge in [-0.1, -0.05) is 0 Å². The molecule has 5 heteroatoms. The van der Waals surface area contributed by atoms with Crippen LogP contribution in [0.25, 0.3) is 0 Å². The summed E-state index contributed by atoms with van der Waals surface area (Å²) in [6.45, 7) is 2.57. The minimum Gasteiger partial charge on any atom is -0.382 e. The van der Waals surface area contributed by atoms with Gasteiger partial charge in [0.1, 0.15) is 5.56 Å². The maximum Gasteiger partial charge on any atom is 0.258 e. The lowest BCUT2D eigenvalue weighted by molar-refractivity contribution is 0.0803. The van der Waals surface area contributed by atoms with Crippen LogP contribution in [-0.2, 0) is 7.05 Å². The van der Waals surface area contributed by atoms with Crippen molar-refractivity contribution in [3.8, 4) is 0 Å². The predicted molar refractivity (Wildman–Crippen MR) is 50.3 cm³/mol. The molecule has 0 aromatic carbocycles. The molecule has 0 aliphatic heterocycles. The Labute approximate surface area is 77.1 Å². The number of carbonyl (C=O) groups excluding carboxylic acids is 1. The monoisotopic (exact) mass is 182 g/mol. The number of nitrogens with zero attached hydrogens (tertiary/aromatic N) is 3. The highest BCUT2D eigenvalue weighted by Gasteiger charge is 2.15. The van der Waals surface area contributed by atoms with E-state index in [1.165, 1.54) is 4.68 Å². The Kier molecular flexibility index (Phi) is 2.55. The maximum absolute atomic E-state index is 11.6. The molecule has 1 rings (SSSR count). The second-order valence-corrected chi connectivity index (χ2v) is 2.92. The molecule has 72 valence electrons. The van der Waals surface area contributed by atoms with Gasteiger partial charge in [-0.25, -0.2) is 0 Å². The Morgan fingerprint density at radius 3 is 2.77 bits per heavy atom. The molecule has 0 aliphatic carbocycles. The van der Waals surface area contributed by atoms with E-state index in [1.54, 1.807) is 25.2 Å². The van der Waals surface area contributed by atoms with Crippen LogP contribution >= 0.6 is 0 Å². The van der Waals surface area contributed by atoms with Crippen LogP contribution in [0.2, 0.25) is 0 Å². The fourth-order valence-corrected chi connectivity index (χ4v) is 1.02. The first-order valence-electron chi connectivity index (χ1n) is 4.10. The highest BCUT2D eigenvalue weighted by atomic mass is 16.2. The summed E-state index contributed by atoms with van der Waals surface area (Å²) in [7, 11) is 3.47. The first-order chi connectivity index (χ1) is 6.06. The summed E-state index contributed by atoms with van der Waals surface area (Å²) in [5, 5.41) is 3.90. The summed E-state index contributed by atoms with van der Waals surface area (Å²) in [5.74, 6) is 0.195. The quantitative estimate of drug-likeness (QED) is 0.705. The van der Waals surface area contributed by atoms with Gasteiger partial charge in [0.05, 0.1) is 0 Å². The predicted octanol–water partition coefficient (Wildman–Crippen LogP) is 0.0942. The second-order valence-electron chi connectivity index (χ2n) is 2.92. The van der Waals surface area contributed by atoms with Crippen molar-refractivity contribution in [3.63, 3.8) is 0 Å². The first kappa shape index (κ1) is 9.57. The molecule has 0 bridgehead atoms. The second kappa shape index (κ2) is 3.47. The molecule has 0 saturated heterocycles. The molecule has 5 nitrogen and oxygen atoms in total. The van der Waals surface area contributed by atoms with Crippen LogP contribution in [0.1, 0.15) is 17.3 Å². The summed E-state index contributed by atoms with van der Waals surface area (Å²) in [6.07, 6.45) is 1.63. The summed E-state index contributed by atoms with van der Waals surface area (Å²) < 4.78 is 1.53. The van der Waals surface area contributed by atoms with E-state index in [2.05, 4.69) is 5.10 Å². The van der Waals surface area contributed by atoms with Gasteiger partial charge in [-0.15, -0.1) is 0 Å². The van der Waals surface area contributed by atoms with E-state index >= 15 is 0 Å². The molecule has 13 heavy (non-hydrogen) atoms. The van der Waals surface area contributed by atoms with Gasteiger partial charge in [0, 0.05) is 26.8 Å². The lowest BCUT2D eigenvalue weighted by Crippen LogP contribution is -2.26. The summed E-state index contributed by atoms with van der Waals surface area (Å²) in [4.78, 5) is 13.2. The number of aromatic nitrogens is 2. The van der Waals surface area contributed by atoms with Crippen molar-refractivity contribution >= 4 is 11.7 Å². The van der Waals surface area contributed by atoms with Crippen molar-refractivity contribution in [2.24, 2.45) is 7.05 Å². The lowest BCUT2D eigenvalue weighted by Gasteiger charge is -2.12. The van der Waals surface area contributed by atoms with E-state index in [9.17, 15) is 4.79 Å². The maximum atomic E-state index is 11.6. The van der Waals surface area contributed by atoms with E-state index in [4.69, 9.17) is 5.73 Å². The third-order valence-electron chi connectivity index (χ3n) is 1.91. The van der Waals surface area contributed by atoms with Crippen molar-refractivity contribution in [3.05, 3.63) is 11.8 Å². The Hall–Kier alpha value is -1.52. The van der Waals surface area contributed by atoms with Crippen molar-refractivity contribution in [1.82, 2.24) is 14.7 Å². The van der Waals surface area contributed by atoms with Gasteiger partial charge < -0.3 is 10.6 Å². The molecule has 0 unspecified atom stereocenters. The summed E-state index contributed by atoms with van der Waals surface area (Å²) in [5.41, 5.74) is 6.02. The normalized spacial score (nSPS) is 10.1. The van der Waals surface area contributed by atoms with E-state index in [0.29, 0.717) is 12.1 Å². The highest BCUT2D eigenvalue weighted by Crippen LogP contribution is 2.10. The number of hydrogen-bond donors (Lipinski definition) is 1. The van der Waals surface area contributed by atoms with Gasteiger partial charge in [0.15, 0.2) is 5.82 Å². The molecule has 0 aliphatic rings. The Bertz CT molecular complexity index is 318. The number of nitrogen functional groups attached to an aromatic ring is 1. The molecular formula is C8H14N4O. The van der Waals surface area contributed by atoms with Crippen molar-refractivity contribution < 1.29 is 4.79 Å². The molecule has 1 aromatic heterocycles. The molecule has 0 fully saturated rings. The smallest absolute Gasteiger partial charge is 0.258 e. The SMILES string of the molecule is CCN(C)C(=O)c1cn(C)nc1N. The Morgan fingerprint density at radius 2 is 2.38 bits per heavy atom. The van der Waals surface area contributed by atoms with E-state index in [1.807, 2.05) is 6.92 Å². The molecule has 2 N–H and O–H groups in total. The van der Waals surface area contributed by atoms with Gasteiger partial charge in [0.2, 0.25) is 0 Å². The van der Waals surface area contributed by atoms with Crippen LogP contribution in [0, 0.1) is 0 Å². The third kappa shape index (κ3) is 1.80. The van der Waals surface area contributed by atoms with Gasteiger partial charge in [-0.3, -0.25) is 9.48 Å².